The summed E-state index contributed by atoms with van der Waals surface area (Å²) in [5.41, 5.74) is 7.68. The first-order valence-electron chi connectivity index (χ1n) is 5.84. The highest BCUT2D eigenvalue weighted by Gasteiger charge is 2.08. The van der Waals surface area contributed by atoms with E-state index in [4.69, 9.17) is 38.1 Å². The first-order chi connectivity index (χ1) is 9.61. The van der Waals surface area contributed by atoms with Crippen LogP contribution < -0.4 is 10.5 Å². The second-order valence-electron chi connectivity index (χ2n) is 4.20. The number of hydrogen-bond acceptors (Lipinski definition) is 4. The second-order valence-corrected chi connectivity index (χ2v) is 5.04. The number of nitrogens with zero attached hydrogens (tertiary/aromatic N) is 1. The van der Waals surface area contributed by atoms with Gasteiger partial charge in [0.2, 0.25) is 5.89 Å². The lowest BCUT2D eigenvalue weighted by Crippen LogP contribution is -1.96. The number of nitrogen functional groups attached to an aromatic ring is 1. The van der Waals surface area contributed by atoms with Gasteiger partial charge in [0.15, 0.2) is 12.2 Å². The number of anilines is 1. The Balaban J connectivity index is 1.81. The van der Waals surface area contributed by atoms with Gasteiger partial charge in [0, 0.05) is 16.8 Å². The molecule has 6 heteroatoms. The number of benzene rings is 2. The zero-order valence-electron chi connectivity index (χ0n) is 10.3. The number of aromatic nitrogens is 1. The summed E-state index contributed by atoms with van der Waals surface area (Å²) >= 11 is 11.9. The van der Waals surface area contributed by atoms with Crippen molar-refractivity contribution in [3.05, 3.63) is 52.3 Å². The molecule has 0 unspecified atom stereocenters. The average molecular weight is 309 g/mol. The monoisotopic (exact) mass is 308 g/mol. The third kappa shape index (κ3) is 2.66. The molecule has 0 aliphatic carbocycles. The van der Waals surface area contributed by atoms with Crippen molar-refractivity contribution in [3.8, 4) is 5.75 Å². The SMILES string of the molecule is Nc1ccc2oc(COc3cc(Cl)ccc3Cl)nc2c1. The van der Waals surface area contributed by atoms with Gasteiger partial charge in [-0.1, -0.05) is 23.2 Å². The zero-order chi connectivity index (χ0) is 14.1. The van der Waals surface area contributed by atoms with Crippen LogP contribution in [0, 0.1) is 0 Å². The smallest absolute Gasteiger partial charge is 0.233 e. The van der Waals surface area contributed by atoms with Gasteiger partial charge in [0.25, 0.3) is 0 Å². The minimum absolute atomic E-state index is 0.161. The topological polar surface area (TPSA) is 61.3 Å². The third-order valence-corrected chi connectivity index (χ3v) is 3.25. The summed E-state index contributed by atoms with van der Waals surface area (Å²) < 4.78 is 11.1. The molecule has 0 saturated heterocycles. The van der Waals surface area contributed by atoms with E-state index in [0.717, 1.165) is 0 Å². The summed E-state index contributed by atoms with van der Waals surface area (Å²) in [6.45, 7) is 0.161. The van der Waals surface area contributed by atoms with Crippen LogP contribution in [0.25, 0.3) is 11.1 Å². The minimum Gasteiger partial charge on any atom is -0.482 e. The van der Waals surface area contributed by atoms with Crippen LogP contribution in [0.2, 0.25) is 10.0 Å². The molecule has 0 radical (unpaired) electrons. The molecule has 2 aromatic carbocycles. The summed E-state index contributed by atoms with van der Waals surface area (Å²) in [5.74, 6) is 0.933. The van der Waals surface area contributed by atoms with Crippen molar-refractivity contribution in [1.29, 1.82) is 0 Å². The van der Waals surface area contributed by atoms with Gasteiger partial charge >= 0.3 is 0 Å². The predicted octanol–water partition coefficient (Wildman–Crippen LogP) is 4.30. The summed E-state index contributed by atoms with van der Waals surface area (Å²) in [5, 5.41) is 1.03. The molecule has 20 heavy (non-hydrogen) atoms. The first-order valence-corrected chi connectivity index (χ1v) is 6.60. The molecule has 0 amide bonds. The molecular weight excluding hydrogens is 299 g/mol. The van der Waals surface area contributed by atoms with Crippen molar-refractivity contribution in [3.63, 3.8) is 0 Å². The molecule has 0 atom stereocenters. The summed E-state index contributed by atoms with van der Waals surface area (Å²) in [7, 11) is 0. The Kier molecular flexibility index (Phi) is 3.42. The summed E-state index contributed by atoms with van der Waals surface area (Å²) in [4.78, 5) is 4.29. The fourth-order valence-corrected chi connectivity index (χ4v) is 2.12. The number of fused-ring (bicyclic) bond motifs is 1. The molecule has 3 rings (SSSR count). The Morgan fingerprint density at radius 3 is 2.85 bits per heavy atom. The van der Waals surface area contributed by atoms with Crippen molar-refractivity contribution in [2.45, 2.75) is 6.61 Å². The van der Waals surface area contributed by atoms with Crippen molar-refractivity contribution in [2.24, 2.45) is 0 Å². The fraction of sp³-hybridized carbons (Fsp3) is 0.0714. The maximum Gasteiger partial charge on any atom is 0.233 e. The number of halogens is 2. The van der Waals surface area contributed by atoms with E-state index in [1.54, 1.807) is 36.4 Å². The predicted molar refractivity (Wildman–Crippen MR) is 79.2 cm³/mol. The van der Waals surface area contributed by atoms with Crippen LogP contribution in [0.15, 0.2) is 40.8 Å². The van der Waals surface area contributed by atoms with Gasteiger partial charge in [0.05, 0.1) is 5.02 Å². The molecule has 0 aliphatic heterocycles. The van der Waals surface area contributed by atoms with Crippen molar-refractivity contribution in [2.75, 3.05) is 5.73 Å². The normalized spacial score (nSPS) is 10.9. The molecule has 2 N–H and O–H groups in total. The van der Waals surface area contributed by atoms with E-state index in [1.165, 1.54) is 0 Å². The maximum atomic E-state index is 6.01. The van der Waals surface area contributed by atoms with Crippen LogP contribution >= 0.6 is 23.2 Å². The zero-order valence-corrected chi connectivity index (χ0v) is 11.8. The Hall–Kier alpha value is -1.91. The van der Waals surface area contributed by atoms with Gasteiger partial charge in [-0.05, 0) is 30.3 Å². The van der Waals surface area contributed by atoms with Crippen LogP contribution in [0.4, 0.5) is 5.69 Å². The molecule has 0 fully saturated rings. The van der Waals surface area contributed by atoms with Gasteiger partial charge in [-0.25, -0.2) is 4.98 Å². The highest BCUT2D eigenvalue weighted by molar-refractivity contribution is 6.34. The number of nitrogens with two attached hydrogens (primary N) is 1. The Bertz CT molecular complexity index is 771. The average Bonchev–Trinajstić information content (AvgIpc) is 2.81. The Morgan fingerprint density at radius 2 is 2.00 bits per heavy atom. The lowest BCUT2D eigenvalue weighted by atomic mass is 10.3. The molecular formula is C14H10Cl2N2O2. The molecule has 0 aliphatic rings. The third-order valence-electron chi connectivity index (χ3n) is 2.70. The van der Waals surface area contributed by atoms with Crippen LogP contribution in [0.1, 0.15) is 5.89 Å². The lowest BCUT2D eigenvalue weighted by Gasteiger charge is -2.05. The number of oxazole rings is 1. The van der Waals surface area contributed by atoms with E-state index in [-0.39, 0.29) is 6.61 Å². The summed E-state index contributed by atoms with van der Waals surface area (Å²) in [6, 6.07) is 10.3. The van der Waals surface area contributed by atoms with Crippen LogP contribution in [0.5, 0.6) is 5.75 Å². The van der Waals surface area contributed by atoms with Gasteiger partial charge in [0.1, 0.15) is 11.3 Å². The van der Waals surface area contributed by atoms with E-state index in [1.807, 2.05) is 0 Å². The van der Waals surface area contributed by atoms with Crippen LogP contribution in [-0.4, -0.2) is 4.98 Å². The van der Waals surface area contributed by atoms with Crippen molar-refractivity contribution >= 4 is 40.0 Å². The molecule has 102 valence electrons. The van der Waals surface area contributed by atoms with Crippen molar-refractivity contribution in [1.82, 2.24) is 4.98 Å². The molecule has 0 saturated carbocycles. The minimum atomic E-state index is 0.161. The number of rotatable bonds is 3. The van der Waals surface area contributed by atoms with Gasteiger partial charge in [-0.15, -0.1) is 0 Å². The van der Waals surface area contributed by atoms with Gasteiger partial charge in [-0.2, -0.15) is 0 Å². The van der Waals surface area contributed by atoms with E-state index >= 15 is 0 Å². The standard InChI is InChI=1S/C14H10Cl2N2O2/c15-8-1-3-10(16)13(5-8)19-7-14-18-11-6-9(17)2-4-12(11)20-14/h1-6H,7,17H2. The number of ether oxygens (including phenoxy) is 1. The molecule has 3 aromatic rings. The van der Waals surface area contributed by atoms with Gasteiger partial charge < -0.3 is 14.9 Å². The molecule has 1 heterocycles. The largest absolute Gasteiger partial charge is 0.482 e. The Morgan fingerprint density at radius 1 is 1.15 bits per heavy atom. The van der Waals surface area contributed by atoms with Gasteiger partial charge in [-0.3, -0.25) is 0 Å². The molecule has 0 spiro atoms. The summed E-state index contributed by atoms with van der Waals surface area (Å²) in [6.07, 6.45) is 0. The fourth-order valence-electron chi connectivity index (χ4n) is 1.78. The van der Waals surface area contributed by atoms with E-state index in [9.17, 15) is 0 Å². The highest BCUT2D eigenvalue weighted by atomic mass is 35.5. The van der Waals surface area contributed by atoms with E-state index in [0.29, 0.717) is 38.5 Å². The van der Waals surface area contributed by atoms with Crippen LogP contribution in [0.3, 0.4) is 0 Å². The highest BCUT2D eigenvalue weighted by Crippen LogP contribution is 2.28. The van der Waals surface area contributed by atoms with E-state index in [2.05, 4.69) is 4.98 Å². The second kappa shape index (κ2) is 5.23. The molecule has 4 nitrogen and oxygen atoms in total. The van der Waals surface area contributed by atoms with Crippen LogP contribution in [-0.2, 0) is 6.61 Å². The van der Waals surface area contributed by atoms with Crippen molar-refractivity contribution < 1.29 is 9.15 Å². The first kappa shape index (κ1) is 13.1. The maximum absolute atomic E-state index is 6.01. The Labute approximate surface area is 125 Å². The molecule has 0 bridgehead atoms. The lowest BCUT2D eigenvalue weighted by molar-refractivity contribution is 0.267. The van der Waals surface area contributed by atoms with E-state index < -0.39 is 0 Å². The quantitative estimate of drug-likeness (QED) is 0.733. The number of hydrogen-bond donors (Lipinski definition) is 1. The molecule has 1 aromatic heterocycles.